The van der Waals surface area contributed by atoms with Crippen molar-refractivity contribution in [2.45, 2.75) is 20.4 Å². The number of aryl methyl sites for hydroxylation is 1. The lowest BCUT2D eigenvalue weighted by Gasteiger charge is -2.12. The molecule has 124 valence electrons. The number of nitrogen functional groups attached to an aromatic ring is 1. The van der Waals surface area contributed by atoms with Gasteiger partial charge in [0.15, 0.2) is 0 Å². The Hall–Kier alpha value is -2.50. The van der Waals surface area contributed by atoms with E-state index in [0.717, 1.165) is 12.2 Å². The van der Waals surface area contributed by atoms with Gasteiger partial charge >= 0.3 is 5.97 Å². The van der Waals surface area contributed by atoms with Crippen LogP contribution in [-0.2, 0) is 18.3 Å². The van der Waals surface area contributed by atoms with Crippen molar-refractivity contribution in [1.82, 2.24) is 4.57 Å². The second-order valence-corrected chi connectivity index (χ2v) is 6.03. The topological polar surface area (TPSA) is 73.2 Å². The molecule has 0 fully saturated rings. The van der Waals surface area contributed by atoms with E-state index in [1.807, 2.05) is 41.0 Å². The average Bonchev–Trinajstić information content (AvgIpc) is 2.91. The standard InChI is InChI=1S/C17H24N4O2/c1-13(2)11-19-16-5-4-14(10-15(16)18)17(22)23-9-8-21-7-6-20(3)12-21/h4-7,10,12-13H,8-9,11,18H2,1-3H3/p+1. The summed E-state index contributed by atoms with van der Waals surface area (Å²) >= 11 is 0. The smallest absolute Gasteiger partial charge is 0.338 e. The zero-order valence-corrected chi connectivity index (χ0v) is 14.0. The molecule has 0 aliphatic rings. The number of ether oxygens (including phenoxy) is 1. The van der Waals surface area contributed by atoms with Crippen LogP contribution in [0.4, 0.5) is 11.4 Å². The molecule has 0 saturated carbocycles. The summed E-state index contributed by atoms with van der Waals surface area (Å²) in [6.07, 6.45) is 5.80. The number of nitrogens with two attached hydrogens (primary N) is 1. The van der Waals surface area contributed by atoms with Crippen molar-refractivity contribution in [2.24, 2.45) is 13.0 Å². The largest absolute Gasteiger partial charge is 0.458 e. The fraction of sp³-hybridized carbons (Fsp3) is 0.412. The van der Waals surface area contributed by atoms with Gasteiger partial charge in [-0.15, -0.1) is 0 Å². The van der Waals surface area contributed by atoms with E-state index in [-0.39, 0.29) is 5.97 Å². The highest BCUT2D eigenvalue weighted by molar-refractivity contribution is 5.91. The molecule has 23 heavy (non-hydrogen) atoms. The van der Waals surface area contributed by atoms with Crippen LogP contribution in [0.5, 0.6) is 0 Å². The van der Waals surface area contributed by atoms with Gasteiger partial charge in [0.05, 0.1) is 24.0 Å². The zero-order chi connectivity index (χ0) is 16.8. The van der Waals surface area contributed by atoms with Gasteiger partial charge in [-0.1, -0.05) is 13.8 Å². The van der Waals surface area contributed by atoms with Crippen LogP contribution in [0.3, 0.4) is 0 Å². The summed E-state index contributed by atoms with van der Waals surface area (Å²) in [5, 5.41) is 3.26. The fourth-order valence-corrected chi connectivity index (χ4v) is 2.13. The second-order valence-electron chi connectivity index (χ2n) is 6.03. The minimum atomic E-state index is -0.358. The van der Waals surface area contributed by atoms with Gasteiger partial charge in [0.2, 0.25) is 6.33 Å². The number of benzene rings is 1. The molecule has 0 spiro atoms. The fourth-order valence-electron chi connectivity index (χ4n) is 2.13. The molecule has 3 N–H and O–H groups in total. The van der Waals surface area contributed by atoms with Crippen molar-refractivity contribution < 1.29 is 14.1 Å². The van der Waals surface area contributed by atoms with E-state index < -0.39 is 0 Å². The van der Waals surface area contributed by atoms with Gasteiger partial charge in [0, 0.05) is 6.54 Å². The van der Waals surface area contributed by atoms with Crippen molar-refractivity contribution in [3.05, 3.63) is 42.5 Å². The molecule has 2 rings (SSSR count). The lowest BCUT2D eigenvalue weighted by atomic mass is 10.1. The van der Waals surface area contributed by atoms with E-state index in [1.54, 1.807) is 12.1 Å². The number of hydrogen-bond donors (Lipinski definition) is 2. The van der Waals surface area contributed by atoms with Crippen molar-refractivity contribution in [1.29, 1.82) is 0 Å². The minimum absolute atomic E-state index is 0.320. The van der Waals surface area contributed by atoms with Crippen LogP contribution in [-0.4, -0.2) is 23.7 Å². The monoisotopic (exact) mass is 317 g/mol. The predicted molar refractivity (Wildman–Crippen MR) is 90.1 cm³/mol. The molecule has 6 heteroatoms. The van der Waals surface area contributed by atoms with Crippen LogP contribution in [0, 0.1) is 5.92 Å². The number of nitrogens with one attached hydrogen (secondary N) is 1. The summed E-state index contributed by atoms with van der Waals surface area (Å²) in [4.78, 5) is 12.1. The number of hydrogen-bond acceptors (Lipinski definition) is 4. The first-order valence-corrected chi connectivity index (χ1v) is 7.77. The van der Waals surface area contributed by atoms with E-state index in [1.165, 1.54) is 0 Å². The molecule has 6 nitrogen and oxygen atoms in total. The van der Waals surface area contributed by atoms with Gasteiger partial charge in [-0.05, 0) is 24.1 Å². The molecule has 0 bridgehead atoms. The van der Waals surface area contributed by atoms with Gasteiger partial charge in [0.1, 0.15) is 25.5 Å². The Morgan fingerprint density at radius 1 is 1.43 bits per heavy atom. The van der Waals surface area contributed by atoms with Crippen LogP contribution >= 0.6 is 0 Å². The number of esters is 1. The quantitative estimate of drug-likeness (QED) is 0.464. The Morgan fingerprint density at radius 2 is 2.22 bits per heavy atom. The third-order valence-corrected chi connectivity index (χ3v) is 3.39. The predicted octanol–water partition coefficient (Wildman–Crippen LogP) is 1.82. The van der Waals surface area contributed by atoms with Crippen molar-refractivity contribution >= 4 is 17.3 Å². The highest BCUT2D eigenvalue weighted by Crippen LogP contribution is 2.20. The highest BCUT2D eigenvalue weighted by Gasteiger charge is 2.10. The summed E-state index contributed by atoms with van der Waals surface area (Å²) in [7, 11) is 1.94. The second kappa shape index (κ2) is 7.67. The molecule has 1 aromatic heterocycles. The van der Waals surface area contributed by atoms with E-state index >= 15 is 0 Å². The normalized spacial score (nSPS) is 10.8. The zero-order valence-electron chi connectivity index (χ0n) is 14.0. The van der Waals surface area contributed by atoms with Gasteiger partial charge in [-0.25, -0.2) is 13.9 Å². The molecule has 0 amide bonds. The van der Waals surface area contributed by atoms with Crippen molar-refractivity contribution in [3.8, 4) is 0 Å². The summed E-state index contributed by atoms with van der Waals surface area (Å²) in [6, 6.07) is 5.21. The minimum Gasteiger partial charge on any atom is -0.458 e. The number of imidazole rings is 1. The van der Waals surface area contributed by atoms with Gasteiger partial charge < -0.3 is 15.8 Å². The van der Waals surface area contributed by atoms with Gasteiger partial charge in [-0.3, -0.25) is 0 Å². The van der Waals surface area contributed by atoms with Crippen molar-refractivity contribution in [2.75, 3.05) is 24.2 Å². The van der Waals surface area contributed by atoms with Crippen LogP contribution < -0.4 is 15.6 Å². The molecule has 0 saturated heterocycles. The Labute approximate surface area is 136 Å². The first-order valence-electron chi connectivity index (χ1n) is 7.77. The lowest BCUT2D eigenvalue weighted by Crippen LogP contribution is -2.24. The maximum absolute atomic E-state index is 12.1. The third-order valence-electron chi connectivity index (χ3n) is 3.39. The molecule has 0 aliphatic heterocycles. The summed E-state index contributed by atoms with van der Waals surface area (Å²) in [5.41, 5.74) is 7.85. The molecule has 2 aromatic rings. The van der Waals surface area contributed by atoms with E-state index in [9.17, 15) is 4.79 Å². The molecular weight excluding hydrogens is 292 g/mol. The Bertz CT molecular complexity index is 664. The highest BCUT2D eigenvalue weighted by atomic mass is 16.5. The number of carbonyl (C=O) groups is 1. The molecule has 0 atom stereocenters. The molecule has 0 unspecified atom stereocenters. The number of aromatic nitrogens is 2. The Balaban J connectivity index is 1.87. The lowest BCUT2D eigenvalue weighted by molar-refractivity contribution is -0.671. The molecule has 0 radical (unpaired) electrons. The van der Waals surface area contributed by atoms with Crippen LogP contribution in [0.25, 0.3) is 0 Å². The molecule has 1 aromatic carbocycles. The first kappa shape index (κ1) is 16.9. The molecule has 1 heterocycles. The van der Waals surface area contributed by atoms with E-state index in [4.69, 9.17) is 10.5 Å². The van der Waals surface area contributed by atoms with Crippen molar-refractivity contribution in [3.63, 3.8) is 0 Å². The number of carbonyl (C=O) groups excluding carboxylic acids is 1. The summed E-state index contributed by atoms with van der Waals surface area (Å²) < 4.78 is 9.18. The van der Waals surface area contributed by atoms with Gasteiger partial charge in [0.25, 0.3) is 0 Å². The average molecular weight is 317 g/mol. The van der Waals surface area contributed by atoms with Crippen LogP contribution in [0.2, 0.25) is 0 Å². The summed E-state index contributed by atoms with van der Waals surface area (Å²) in [6.45, 7) is 6.03. The van der Waals surface area contributed by atoms with E-state index in [0.29, 0.717) is 30.3 Å². The SMILES string of the molecule is CC(C)CNc1ccc(C(=O)OCCn2cc[n+](C)c2)cc1N. The van der Waals surface area contributed by atoms with Gasteiger partial charge in [-0.2, -0.15) is 0 Å². The molecular formula is C17H25N4O2+. The number of anilines is 2. The first-order chi connectivity index (χ1) is 11.0. The Kier molecular flexibility index (Phi) is 5.62. The number of nitrogens with zero attached hydrogens (tertiary/aromatic N) is 2. The Morgan fingerprint density at radius 3 is 2.83 bits per heavy atom. The van der Waals surface area contributed by atoms with Crippen LogP contribution in [0.1, 0.15) is 24.2 Å². The third kappa shape index (κ3) is 5.02. The van der Waals surface area contributed by atoms with E-state index in [2.05, 4.69) is 19.2 Å². The maximum atomic E-state index is 12.1. The number of rotatable bonds is 7. The van der Waals surface area contributed by atoms with Crippen LogP contribution in [0.15, 0.2) is 36.9 Å². The molecule has 0 aliphatic carbocycles. The summed E-state index contributed by atoms with van der Waals surface area (Å²) in [5.74, 6) is 0.165. The maximum Gasteiger partial charge on any atom is 0.338 e.